The maximum Gasteiger partial charge on any atom is 0.243 e. The molecule has 11 nitrogen and oxygen atoms in total. The Morgan fingerprint density at radius 2 is 1.73 bits per heavy atom. The highest BCUT2D eigenvalue weighted by molar-refractivity contribution is 7.89. The number of hydrogen-bond acceptors (Lipinski definition) is 9. The fourth-order valence-electron chi connectivity index (χ4n) is 4.76. The summed E-state index contributed by atoms with van der Waals surface area (Å²) in [4.78, 5) is 17.7. The van der Waals surface area contributed by atoms with Crippen molar-refractivity contribution < 1.29 is 36.6 Å². The lowest BCUT2D eigenvalue weighted by Gasteiger charge is -2.31. The molecule has 0 spiro atoms. The van der Waals surface area contributed by atoms with Crippen molar-refractivity contribution in [2.24, 2.45) is 0 Å². The number of carbonyl (C=O) groups excluding carboxylic acids is 1. The standard InChI is InChI=1S/C29H35N3O8S/c1-22-3-5-25(40-22)19-31(18-23-4-10-27-28(17-23)39-21-38-27)29(33)20-32(12-11-30-13-15-37-16-14-30)41(34,35)26-8-6-24(36-2)7-9-26/h3-10,17H,11-16,18-21H2,1-2H3. The van der Waals surface area contributed by atoms with Gasteiger partial charge in [-0.05, 0) is 61.0 Å². The van der Waals surface area contributed by atoms with Crippen molar-refractivity contribution in [1.82, 2.24) is 14.1 Å². The highest BCUT2D eigenvalue weighted by Gasteiger charge is 2.30. The summed E-state index contributed by atoms with van der Waals surface area (Å²) in [5, 5.41) is 0. The zero-order valence-electron chi connectivity index (χ0n) is 23.3. The van der Waals surface area contributed by atoms with E-state index in [2.05, 4.69) is 4.90 Å². The summed E-state index contributed by atoms with van der Waals surface area (Å²) >= 11 is 0. The molecule has 2 aliphatic rings. The molecule has 1 amide bonds. The minimum Gasteiger partial charge on any atom is -0.497 e. The van der Waals surface area contributed by atoms with Crippen LogP contribution in [0.5, 0.6) is 17.2 Å². The van der Waals surface area contributed by atoms with Gasteiger partial charge in [0.1, 0.15) is 17.3 Å². The molecular formula is C29H35N3O8S. The van der Waals surface area contributed by atoms with Gasteiger partial charge < -0.3 is 28.3 Å². The largest absolute Gasteiger partial charge is 0.497 e. The number of fused-ring (bicyclic) bond motifs is 1. The molecule has 0 unspecified atom stereocenters. The van der Waals surface area contributed by atoms with E-state index in [1.165, 1.54) is 23.5 Å². The van der Waals surface area contributed by atoms with Crippen LogP contribution in [0.2, 0.25) is 0 Å². The van der Waals surface area contributed by atoms with Crippen molar-refractivity contribution in [3.8, 4) is 17.2 Å². The van der Waals surface area contributed by atoms with Crippen molar-refractivity contribution in [2.45, 2.75) is 24.9 Å². The molecule has 0 atom stereocenters. The lowest BCUT2D eigenvalue weighted by molar-refractivity contribution is -0.133. The second kappa shape index (κ2) is 12.9. The highest BCUT2D eigenvalue weighted by Crippen LogP contribution is 2.33. The predicted octanol–water partition coefficient (Wildman–Crippen LogP) is 2.88. The van der Waals surface area contributed by atoms with Gasteiger partial charge in [0.2, 0.25) is 22.7 Å². The molecule has 1 saturated heterocycles. The van der Waals surface area contributed by atoms with E-state index < -0.39 is 10.0 Å². The SMILES string of the molecule is COc1ccc(S(=O)(=O)N(CCN2CCOCC2)CC(=O)N(Cc2ccc3c(c2)OCO3)Cc2ccc(C)o2)cc1. The van der Waals surface area contributed by atoms with Gasteiger partial charge in [0.25, 0.3) is 0 Å². The molecule has 3 heterocycles. The zero-order valence-corrected chi connectivity index (χ0v) is 24.1. The summed E-state index contributed by atoms with van der Waals surface area (Å²) < 4.78 is 56.2. The third kappa shape index (κ3) is 7.20. The molecule has 41 heavy (non-hydrogen) atoms. The molecule has 0 bridgehead atoms. The molecule has 0 radical (unpaired) electrons. The molecule has 1 aromatic heterocycles. The number of methoxy groups -OCH3 is 1. The lowest BCUT2D eigenvalue weighted by atomic mass is 10.2. The fourth-order valence-corrected chi connectivity index (χ4v) is 6.14. The molecular weight excluding hydrogens is 550 g/mol. The van der Waals surface area contributed by atoms with Crippen LogP contribution in [0.3, 0.4) is 0 Å². The number of sulfonamides is 1. The zero-order chi connectivity index (χ0) is 28.8. The van der Waals surface area contributed by atoms with E-state index in [1.54, 1.807) is 23.1 Å². The number of ether oxygens (including phenoxy) is 4. The molecule has 0 saturated carbocycles. The first-order valence-corrected chi connectivity index (χ1v) is 14.9. The molecule has 3 aromatic rings. The molecule has 0 N–H and O–H groups in total. The Bertz CT molecular complexity index is 1430. The number of nitrogens with zero attached hydrogens (tertiary/aromatic N) is 3. The Morgan fingerprint density at radius 3 is 2.44 bits per heavy atom. The van der Waals surface area contributed by atoms with Crippen molar-refractivity contribution in [2.75, 3.05) is 59.8 Å². The van der Waals surface area contributed by atoms with Crippen LogP contribution in [-0.2, 0) is 32.6 Å². The van der Waals surface area contributed by atoms with Crippen molar-refractivity contribution in [3.05, 3.63) is 71.7 Å². The van der Waals surface area contributed by atoms with Crippen molar-refractivity contribution in [1.29, 1.82) is 0 Å². The first kappa shape index (κ1) is 28.9. The third-order valence-corrected chi connectivity index (χ3v) is 8.94. The summed E-state index contributed by atoms with van der Waals surface area (Å²) in [6, 6.07) is 15.3. The maximum absolute atomic E-state index is 13.9. The lowest BCUT2D eigenvalue weighted by Crippen LogP contribution is -2.47. The highest BCUT2D eigenvalue weighted by atomic mass is 32.2. The summed E-state index contributed by atoms with van der Waals surface area (Å²) in [5.41, 5.74) is 0.823. The molecule has 12 heteroatoms. The van der Waals surface area contributed by atoms with Crippen LogP contribution < -0.4 is 14.2 Å². The molecule has 1 fully saturated rings. The van der Waals surface area contributed by atoms with Crippen LogP contribution >= 0.6 is 0 Å². The van der Waals surface area contributed by atoms with Gasteiger partial charge in [0, 0.05) is 32.7 Å². The van der Waals surface area contributed by atoms with Crippen LogP contribution in [0.15, 0.2) is 63.9 Å². The van der Waals surface area contributed by atoms with E-state index in [0.717, 1.165) is 11.3 Å². The first-order chi connectivity index (χ1) is 19.8. The Balaban J connectivity index is 1.39. The number of furan rings is 1. The Morgan fingerprint density at radius 1 is 0.976 bits per heavy atom. The van der Waals surface area contributed by atoms with E-state index in [1.807, 2.05) is 31.2 Å². The van der Waals surface area contributed by atoms with Crippen LogP contribution in [-0.4, -0.2) is 88.3 Å². The van der Waals surface area contributed by atoms with Gasteiger partial charge in [-0.15, -0.1) is 0 Å². The Kier molecular flexibility index (Phi) is 9.13. The summed E-state index contributed by atoms with van der Waals surface area (Å²) in [7, 11) is -2.47. The molecule has 2 aliphatic heterocycles. The second-order valence-electron chi connectivity index (χ2n) is 9.92. The van der Waals surface area contributed by atoms with Gasteiger partial charge in [0.05, 0.1) is 38.3 Å². The van der Waals surface area contributed by atoms with Gasteiger partial charge in [0.15, 0.2) is 11.5 Å². The normalized spacial score (nSPS) is 15.3. The van der Waals surface area contributed by atoms with Crippen molar-refractivity contribution >= 4 is 15.9 Å². The second-order valence-corrected chi connectivity index (χ2v) is 11.9. The average Bonchev–Trinajstić information content (AvgIpc) is 3.63. The number of aryl methyl sites for hydroxylation is 1. The van der Waals surface area contributed by atoms with Gasteiger partial charge in [-0.25, -0.2) is 8.42 Å². The van der Waals surface area contributed by atoms with E-state index in [4.69, 9.17) is 23.4 Å². The van der Waals surface area contributed by atoms with E-state index in [-0.39, 0.29) is 43.8 Å². The molecule has 220 valence electrons. The number of morpholine rings is 1. The van der Waals surface area contributed by atoms with E-state index in [0.29, 0.717) is 55.9 Å². The number of benzene rings is 2. The van der Waals surface area contributed by atoms with E-state index in [9.17, 15) is 13.2 Å². The van der Waals surface area contributed by atoms with Crippen LogP contribution in [0.25, 0.3) is 0 Å². The fraction of sp³-hybridized carbons (Fsp3) is 0.414. The third-order valence-electron chi connectivity index (χ3n) is 7.08. The minimum absolute atomic E-state index is 0.0945. The Hall–Kier alpha value is -3.58. The summed E-state index contributed by atoms with van der Waals surface area (Å²) in [6.07, 6.45) is 0. The smallest absolute Gasteiger partial charge is 0.243 e. The summed E-state index contributed by atoms with van der Waals surface area (Å²) in [5.74, 6) is 2.78. The first-order valence-electron chi connectivity index (χ1n) is 13.5. The van der Waals surface area contributed by atoms with Gasteiger partial charge >= 0.3 is 0 Å². The van der Waals surface area contributed by atoms with Gasteiger partial charge in [-0.1, -0.05) is 6.07 Å². The van der Waals surface area contributed by atoms with E-state index >= 15 is 0 Å². The number of amides is 1. The minimum atomic E-state index is -3.99. The average molecular weight is 586 g/mol. The van der Waals surface area contributed by atoms with Crippen LogP contribution in [0, 0.1) is 6.92 Å². The predicted molar refractivity (Wildman–Crippen MR) is 149 cm³/mol. The molecule has 2 aromatic carbocycles. The number of hydrogen-bond donors (Lipinski definition) is 0. The van der Waals surface area contributed by atoms with Crippen molar-refractivity contribution in [3.63, 3.8) is 0 Å². The quantitative estimate of drug-likeness (QED) is 0.317. The van der Waals surface area contributed by atoms with Crippen LogP contribution in [0.4, 0.5) is 0 Å². The monoisotopic (exact) mass is 585 g/mol. The van der Waals surface area contributed by atoms with Gasteiger partial charge in [-0.3, -0.25) is 9.69 Å². The number of carbonyl (C=O) groups is 1. The maximum atomic E-state index is 13.9. The molecule has 0 aliphatic carbocycles. The van der Waals surface area contributed by atoms with Gasteiger partial charge in [-0.2, -0.15) is 4.31 Å². The summed E-state index contributed by atoms with van der Waals surface area (Å²) in [6.45, 7) is 5.29. The van der Waals surface area contributed by atoms with Crippen LogP contribution in [0.1, 0.15) is 17.1 Å². The Labute approximate surface area is 240 Å². The number of rotatable bonds is 12. The molecule has 5 rings (SSSR count). The topological polar surface area (TPSA) is 111 Å².